The molecule has 6 heteroatoms. The molecule has 2 aliphatic rings. The summed E-state index contributed by atoms with van der Waals surface area (Å²) in [6.45, 7) is 0.956. The van der Waals surface area contributed by atoms with Gasteiger partial charge in [0.25, 0.3) is 0 Å². The van der Waals surface area contributed by atoms with Gasteiger partial charge in [-0.2, -0.15) is 0 Å². The Balaban J connectivity index is 1.74. The fourth-order valence-electron chi connectivity index (χ4n) is 2.76. The van der Waals surface area contributed by atoms with Gasteiger partial charge in [-0.3, -0.25) is 0 Å². The number of fused-ring (bicyclic) bond motifs is 1. The monoisotopic (exact) mass is 296 g/mol. The van der Waals surface area contributed by atoms with Crippen molar-refractivity contribution in [2.24, 2.45) is 0 Å². The third kappa shape index (κ3) is 2.68. The molecular weight excluding hydrogens is 276 g/mol. The van der Waals surface area contributed by atoms with Gasteiger partial charge < -0.3 is 10.1 Å². The van der Waals surface area contributed by atoms with Gasteiger partial charge in [0.2, 0.25) is 10.0 Å². The number of aryl methyl sites for hydroxylation is 1. The van der Waals surface area contributed by atoms with Gasteiger partial charge in [-0.05, 0) is 49.4 Å². The molecule has 0 atom stereocenters. The van der Waals surface area contributed by atoms with Crippen molar-refractivity contribution in [3.63, 3.8) is 0 Å². The van der Waals surface area contributed by atoms with E-state index in [1.54, 1.807) is 19.2 Å². The molecule has 110 valence electrons. The molecule has 0 amide bonds. The minimum atomic E-state index is -3.42. The molecule has 2 N–H and O–H groups in total. The topological polar surface area (TPSA) is 67.4 Å². The Hall–Kier alpha value is -1.11. The Morgan fingerprint density at radius 1 is 1.35 bits per heavy atom. The van der Waals surface area contributed by atoms with Crippen LogP contribution in [0, 0.1) is 0 Å². The highest BCUT2D eigenvalue weighted by molar-refractivity contribution is 7.89. The summed E-state index contributed by atoms with van der Waals surface area (Å²) in [5.74, 6) is 0. The van der Waals surface area contributed by atoms with Gasteiger partial charge in [-0.1, -0.05) is 0 Å². The molecule has 1 aromatic rings. The number of anilines is 1. The van der Waals surface area contributed by atoms with Crippen molar-refractivity contribution in [2.45, 2.75) is 42.7 Å². The molecule has 1 aromatic carbocycles. The number of rotatable bonds is 4. The lowest BCUT2D eigenvalue weighted by Gasteiger charge is -2.34. The number of hydrogen-bond donors (Lipinski definition) is 2. The fraction of sp³-hybridized carbons (Fsp3) is 0.571. The molecule has 0 unspecified atom stereocenters. The molecule has 1 fully saturated rings. The molecule has 1 aliphatic carbocycles. The highest BCUT2D eigenvalue weighted by Gasteiger charge is 2.32. The minimum absolute atomic E-state index is 0.000827. The van der Waals surface area contributed by atoms with Crippen LogP contribution in [0.25, 0.3) is 0 Å². The predicted octanol–water partition coefficient (Wildman–Crippen LogP) is 1.50. The molecule has 0 aromatic heterocycles. The Labute approximate surface area is 119 Å². The lowest BCUT2D eigenvalue weighted by Crippen LogP contribution is -2.47. The van der Waals surface area contributed by atoms with Gasteiger partial charge in [0, 0.05) is 25.4 Å². The molecule has 0 saturated heterocycles. The highest BCUT2D eigenvalue weighted by atomic mass is 32.2. The summed E-state index contributed by atoms with van der Waals surface area (Å²) >= 11 is 0. The first-order chi connectivity index (χ1) is 9.58. The average molecular weight is 296 g/mol. The van der Waals surface area contributed by atoms with E-state index in [1.165, 1.54) is 0 Å². The average Bonchev–Trinajstić information content (AvgIpc) is 2.42. The van der Waals surface area contributed by atoms with Crippen LogP contribution in [0.1, 0.15) is 24.8 Å². The van der Waals surface area contributed by atoms with Crippen molar-refractivity contribution in [2.75, 3.05) is 19.0 Å². The second-order valence-electron chi connectivity index (χ2n) is 5.50. The summed E-state index contributed by atoms with van der Waals surface area (Å²) in [6.07, 6.45) is 3.67. The summed E-state index contributed by atoms with van der Waals surface area (Å²) < 4.78 is 32.6. The van der Waals surface area contributed by atoms with Crippen molar-refractivity contribution in [3.05, 3.63) is 23.8 Å². The largest absolute Gasteiger partial charge is 0.385 e. The van der Waals surface area contributed by atoms with Crippen LogP contribution in [0.5, 0.6) is 0 Å². The summed E-state index contributed by atoms with van der Waals surface area (Å²) in [4.78, 5) is 0.362. The first-order valence-electron chi connectivity index (χ1n) is 7.00. The number of methoxy groups -OCH3 is 1. The quantitative estimate of drug-likeness (QED) is 0.883. The van der Waals surface area contributed by atoms with Gasteiger partial charge in [0.1, 0.15) is 0 Å². The molecule has 0 radical (unpaired) electrons. The van der Waals surface area contributed by atoms with Gasteiger partial charge in [0.05, 0.1) is 11.0 Å². The molecule has 3 rings (SSSR count). The maximum Gasteiger partial charge on any atom is 0.240 e. The van der Waals surface area contributed by atoms with Crippen LogP contribution < -0.4 is 10.0 Å². The van der Waals surface area contributed by atoms with E-state index in [-0.39, 0.29) is 12.1 Å². The Morgan fingerprint density at radius 2 is 2.15 bits per heavy atom. The highest BCUT2D eigenvalue weighted by Crippen LogP contribution is 2.27. The van der Waals surface area contributed by atoms with E-state index in [9.17, 15) is 8.42 Å². The summed E-state index contributed by atoms with van der Waals surface area (Å²) in [5, 5.41) is 3.29. The van der Waals surface area contributed by atoms with Gasteiger partial charge >= 0.3 is 0 Å². The first kappa shape index (κ1) is 13.9. The molecule has 1 heterocycles. The Morgan fingerprint density at radius 3 is 2.90 bits per heavy atom. The molecule has 1 saturated carbocycles. The van der Waals surface area contributed by atoms with Crippen LogP contribution in [-0.2, 0) is 21.2 Å². The van der Waals surface area contributed by atoms with Crippen molar-refractivity contribution in [1.82, 2.24) is 4.72 Å². The van der Waals surface area contributed by atoms with Crippen molar-refractivity contribution in [1.29, 1.82) is 0 Å². The van der Waals surface area contributed by atoms with E-state index >= 15 is 0 Å². The van der Waals surface area contributed by atoms with Crippen molar-refractivity contribution >= 4 is 15.7 Å². The first-order valence-corrected chi connectivity index (χ1v) is 8.49. The smallest absolute Gasteiger partial charge is 0.240 e. The molecule has 0 spiro atoms. The molecule has 20 heavy (non-hydrogen) atoms. The lowest BCUT2D eigenvalue weighted by atomic mass is 9.90. The van der Waals surface area contributed by atoms with Crippen LogP contribution in [0.4, 0.5) is 5.69 Å². The summed E-state index contributed by atoms with van der Waals surface area (Å²) in [7, 11) is -1.76. The van der Waals surface area contributed by atoms with Crippen molar-refractivity contribution < 1.29 is 13.2 Å². The van der Waals surface area contributed by atoms with Crippen LogP contribution >= 0.6 is 0 Å². The second kappa shape index (κ2) is 5.35. The minimum Gasteiger partial charge on any atom is -0.385 e. The van der Waals surface area contributed by atoms with Crippen LogP contribution in [0.15, 0.2) is 23.1 Å². The number of hydrogen-bond acceptors (Lipinski definition) is 4. The SMILES string of the molecule is COC1CC(NS(=O)(=O)c2ccc3c(c2)CCCN3)C1. The standard InChI is InChI=1S/C14H20N2O3S/c1-19-12-8-11(9-12)16-20(17,18)13-4-5-14-10(7-13)3-2-6-15-14/h4-5,7,11-12,15-16H,2-3,6,8-9H2,1H3. The third-order valence-electron chi connectivity index (χ3n) is 4.08. The summed E-state index contributed by atoms with van der Waals surface area (Å²) in [6, 6.07) is 5.32. The van der Waals surface area contributed by atoms with Crippen LogP contribution in [0.3, 0.4) is 0 Å². The van der Waals surface area contributed by atoms with E-state index < -0.39 is 10.0 Å². The van der Waals surface area contributed by atoms with E-state index in [2.05, 4.69) is 10.0 Å². The fourth-order valence-corrected chi connectivity index (χ4v) is 4.07. The number of ether oxygens (including phenoxy) is 1. The molecule has 5 nitrogen and oxygen atoms in total. The lowest BCUT2D eigenvalue weighted by molar-refractivity contribution is 0.0236. The number of benzene rings is 1. The molecule has 1 aliphatic heterocycles. The van der Waals surface area contributed by atoms with E-state index in [4.69, 9.17) is 4.74 Å². The maximum absolute atomic E-state index is 12.3. The van der Waals surface area contributed by atoms with Gasteiger partial charge in [-0.15, -0.1) is 0 Å². The van der Waals surface area contributed by atoms with Crippen LogP contribution in [0.2, 0.25) is 0 Å². The Bertz CT molecular complexity index is 594. The molecular formula is C14H20N2O3S. The second-order valence-corrected chi connectivity index (χ2v) is 7.21. The number of nitrogens with one attached hydrogen (secondary N) is 2. The van der Waals surface area contributed by atoms with E-state index in [0.29, 0.717) is 4.90 Å². The zero-order chi connectivity index (χ0) is 14.2. The van der Waals surface area contributed by atoms with Crippen molar-refractivity contribution in [3.8, 4) is 0 Å². The summed E-state index contributed by atoms with van der Waals surface area (Å²) in [5.41, 5.74) is 2.14. The zero-order valence-corrected chi connectivity index (χ0v) is 12.4. The third-order valence-corrected chi connectivity index (χ3v) is 5.59. The maximum atomic E-state index is 12.3. The van der Waals surface area contributed by atoms with E-state index in [0.717, 1.165) is 43.5 Å². The van der Waals surface area contributed by atoms with E-state index in [1.807, 2.05) is 6.07 Å². The zero-order valence-electron chi connectivity index (χ0n) is 11.6. The van der Waals surface area contributed by atoms with Gasteiger partial charge in [0.15, 0.2) is 0 Å². The normalized spacial score (nSPS) is 25.4. The number of sulfonamides is 1. The van der Waals surface area contributed by atoms with Gasteiger partial charge in [-0.25, -0.2) is 13.1 Å². The van der Waals surface area contributed by atoms with Crippen LogP contribution in [-0.4, -0.2) is 34.2 Å². The Kier molecular flexibility index (Phi) is 3.70. The molecule has 0 bridgehead atoms. The predicted molar refractivity (Wildman–Crippen MR) is 77.4 cm³/mol.